The fourth-order valence-electron chi connectivity index (χ4n) is 1.31. The van der Waals surface area contributed by atoms with Gasteiger partial charge in [0.25, 0.3) is 0 Å². The third kappa shape index (κ3) is 3.32. The number of rotatable bonds is 4. The molecule has 0 saturated carbocycles. The van der Waals surface area contributed by atoms with Gasteiger partial charge >= 0.3 is 0 Å². The monoisotopic (exact) mass is 235 g/mol. The van der Waals surface area contributed by atoms with E-state index in [0.29, 0.717) is 16.3 Å². The highest BCUT2D eigenvalue weighted by atomic mass is 35.5. The lowest BCUT2D eigenvalue weighted by atomic mass is 10.0. The molecule has 2 nitrogen and oxygen atoms in total. The fraction of sp³-hybridized carbons (Fsp3) is 0.400. The maximum absolute atomic E-state index is 12.2. The molecule has 0 spiro atoms. The van der Waals surface area contributed by atoms with Gasteiger partial charge in [0, 0.05) is 23.0 Å². The number of nitrogens with two attached hydrogens (primary N) is 1. The van der Waals surface area contributed by atoms with Gasteiger partial charge in [-0.1, -0.05) is 11.6 Å². The normalized spacial score (nSPS) is 12.9. The second-order valence-corrected chi connectivity index (χ2v) is 3.56. The van der Waals surface area contributed by atoms with Gasteiger partial charge in [0.15, 0.2) is 0 Å². The van der Waals surface area contributed by atoms with Crippen LogP contribution in [0.15, 0.2) is 18.2 Å². The Hall–Kier alpha value is -0.870. The van der Waals surface area contributed by atoms with Gasteiger partial charge in [-0.05, 0) is 18.2 Å². The van der Waals surface area contributed by atoms with Gasteiger partial charge in [-0.25, -0.2) is 8.78 Å². The molecule has 0 amide bonds. The third-order valence-electron chi connectivity index (χ3n) is 2.02. The van der Waals surface area contributed by atoms with Crippen molar-refractivity contribution in [3.05, 3.63) is 28.8 Å². The molecule has 5 heteroatoms. The summed E-state index contributed by atoms with van der Waals surface area (Å²) in [6.07, 6.45) is -2.85. The van der Waals surface area contributed by atoms with Crippen LogP contribution in [-0.4, -0.2) is 13.5 Å². The Kier molecular flexibility index (Phi) is 4.29. The molecule has 0 bridgehead atoms. The largest absolute Gasteiger partial charge is 0.496 e. The topological polar surface area (TPSA) is 35.2 Å². The zero-order chi connectivity index (χ0) is 11.4. The van der Waals surface area contributed by atoms with E-state index in [9.17, 15) is 8.78 Å². The van der Waals surface area contributed by atoms with Gasteiger partial charge in [0.1, 0.15) is 5.75 Å². The summed E-state index contributed by atoms with van der Waals surface area (Å²) in [7, 11) is 1.46. The minimum atomic E-state index is -2.44. The van der Waals surface area contributed by atoms with Gasteiger partial charge in [0.2, 0.25) is 6.43 Å². The van der Waals surface area contributed by atoms with Crippen LogP contribution in [0.1, 0.15) is 18.0 Å². The second kappa shape index (κ2) is 5.28. The molecule has 0 unspecified atom stereocenters. The lowest BCUT2D eigenvalue weighted by Crippen LogP contribution is -2.15. The van der Waals surface area contributed by atoms with Crippen LogP contribution in [0.3, 0.4) is 0 Å². The molecular weight excluding hydrogens is 224 g/mol. The van der Waals surface area contributed by atoms with E-state index in [-0.39, 0.29) is 0 Å². The predicted octanol–water partition coefficient (Wildman–Crippen LogP) is 3.00. The van der Waals surface area contributed by atoms with E-state index in [1.807, 2.05) is 0 Å². The number of alkyl halides is 2. The van der Waals surface area contributed by atoms with Crippen molar-refractivity contribution in [3.63, 3.8) is 0 Å². The Balaban J connectivity index is 2.94. The van der Waals surface area contributed by atoms with Crippen molar-refractivity contribution in [1.29, 1.82) is 0 Å². The zero-order valence-electron chi connectivity index (χ0n) is 8.21. The fourth-order valence-corrected chi connectivity index (χ4v) is 1.49. The molecule has 0 aromatic heterocycles. The van der Waals surface area contributed by atoms with Crippen LogP contribution in [0.25, 0.3) is 0 Å². The van der Waals surface area contributed by atoms with Crippen molar-refractivity contribution in [2.45, 2.75) is 18.9 Å². The lowest BCUT2D eigenvalue weighted by molar-refractivity contribution is 0.128. The molecule has 0 heterocycles. The van der Waals surface area contributed by atoms with E-state index in [2.05, 4.69) is 0 Å². The van der Waals surface area contributed by atoms with Gasteiger partial charge in [0.05, 0.1) is 7.11 Å². The van der Waals surface area contributed by atoms with E-state index >= 15 is 0 Å². The van der Waals surface area contributed by atoms with Crippen LogP contribution in [0, 0.1) is 0 Å². The second-order valence-electron chi connectivity index (χ2n) is 3.12. The average Bonchev–Trinajstić information content (AvgIpc) is 2.16. The molecule has 0 aliphatic rings. The van der Waals surface area contributed by atoms with E-state index in [0.717, 1.165) is 0 Å². The Morgan fingerprint density at radius 2 is 2.13 bits per heavy atom. The highest BCUT2D eigenvalue weighted by molar-refractivity contribution is 6.30. The summed E-state index contributed by atoms with van der Waals surface area (Å²) >= 11 is 5.76. The molecule has 0 aliphatic heterocycles. The van der Waals surface area contributed by atoms with Crippen LogP contribution < -0.4 is 10.5 Å². The predicted molar refractivity (Wildman–Crippen MR) is 55.6 cm³/mol. The van der Waals surface area contributed by atoms with Crippen molar-refractivity contribution in [2.75, 3.05) is 7.11 Å². The Morgan fingerprint density at radius 3 is 2.67 bits per heavy atom. The van der Waals surface area contributed by atoms with Gasteiger partial charge in [-0.15, -0.1) is 0 Å². The Bertz CT molecular complexity index is 333. The summed E-state index contributed by atoms with van der Waals surface area (Å²) in [6.45, 7) is 0. The average molecular weight is 236 g/mol. The lowest BCUT2D eigenvalue weighted by Gasteiger charge is -2.15. The third-order valence-corrected chi connectivity index (χ3v) is 2.26. The molecule has 1 rings (SSSR count). The minimum Gasteiger partial charge on any atom is -0.496 e. The molecule has 0 saturated heterocycles. The first kappa shape index (κ1) is 12.2. The van der Waals surface area contributed by atoms with E-state index in [1.54, 1.807) is 18.2 Å². The summed E-state index contributed by atoms with van der Waals surface area (Å²) in [5.74, 6) is 0.479. The molecule has 1 atom stereocenters. The van der Waals surface area contributed by atoms with Gasteiger partial charge in [-0.2, -0.15) is 0 Å². The summed E-state index contributed by atoms with van der Waals surface area (Å²) in [6, 6.07) is 4.02. The van der Waals surface area contributed by atoms with Crippen LogP contribution in [0.4, 0.5) is 8.78 Å². The molecule has 1 aromatic rings. The van der Waals surface area contributed by atoms with Crippen molar-refractivity contribution in [2.24, 2.45) is 5.73 Å². The molecule has 0 aliphatic carbocycles. The number of benzene rings is 1. The van der Waals surface area contributed by atoms with Crippen molar-refractivity contribution in [1.82, 2.24) is 0 Å². The van der Waals surface area contributed by atoms with Gasteiger partial charge < -0.3 is 10.5 Å². The molecular formula is C10H12ClF2NO. The maximum Gasteiger partial charge on any atom is 0.240 e. The van der Waals surface area contributed by atoms with Crippen molar-refractivity contribution in [3.8, 4) is 5.75 Å². The van der Waals surface area contributed by atoms with Crippen LogP contribution in [0.5, 0.6) is 5.75 Å². The van der Waals surface area contributed by atoms with Crippen molar-refractivity contribution >= 4 is 11.6 Å². The first-order valence-corrected chi connectivity index (χ1v) is 4.79. The first-order valence-electron chi connectivity index (χ1n) is 4.41. The van der Waals surface area contributed by atoms with Gasteiger partial charge in [-0.3, -0.25) is 0 Å². The summed E-state index contributed by atoms with van der Waals surface area (Å²) in [5.41, 5.74) is 6.13. The van der Waals surface area contributed by atoms with Crippen LogP contribution in [0.2, 0.25) is 5.02 Å². The number of hydrogen-bond acceptors (Lipinski definition) is 2. The zero-order valence-corrected chi connectivity index (χ0v) is 8.97. The maximum atomic E-state index is 12.2. The summed E-state index contributed by atoms with van der Waals surface area (Å²) in [4.78, 5) is 0. The molecule has 0 radical (unpaired) electrons. The Labute approximate surface area is 92.0 Å². The van der Waals surface area contributed by atoms with Crippen LogP contribution in [-0.2, 0) is 0 Å². The Morgan fingerprint density at radius 1 is 1.47 bits per heavy atom. The summed E-state index contributed by atoms with van der Waals surface area (Å²) in [5, 5.41) is 0.454. The van der Waals surface area contributed by atoms with Crippen LogP contribution >= 0.6 is 11.6 Å². The number of halogens is 3. The standard InChI is InChI=1S/C10H12ClF2NO/c1-15-9-3-2-6(11)4-7(9)8(14)5-10(12)13/h2-4,8,10H,5,14H2,1H3/t8-/m0/s1. The number of hydrogen-bond donors (Lipinski definition) is 1. The molecule has 0 fully saturated rings. The summed E-state index contributed by atoms with van der Waals surface area (Å²) < 4.78 is 29.3. The minimum absolute atomic E-state index is 0.406. The molecule has 84 valence electrons. The molecule has 2 N–H and O–H groups in total. The van der Waals surface area contributed by atoms with E-state index in [1.165, 1.54) is 7.11 Å². The highest BCUT2D eigenvalue weighted by Gasteiger charge is 2.17. The smallest absolute Gasteiger partial charge is 0.240 e. The quantitative estimate of drug-likeness (QED) is 0.871. The van der Waals surface area contributed by atoms with E-state index in [4.69, 9.17) is 22.1 Å². The van der Waals surface area contributed by atoms with E-state index < -0.39 is 18.9 Å². The highest BCUT2D eigenvalue weighted by Crippen LogP contribution is 2.29. The first-order chi connectivity index (χ1) is 7.04. The molecule has 15 heavy (non-hydrogen) atoms. The number of methoxy groups -OCH3 is 1. The number of ether oxygens (including phenoxy) is 1. The van der Waals surface area contributed by atoms with Crippen molar-refractivity contribution < 1.29 is 13.5 Å². The molecule has 1 aromatic carbocycles. The SMILES string of the molecule is COc1ccc(Cl)cc1[C@@H](N)CC(F)F.